The lowest BCUT2D eigenvalue weighted by molar-refractivity contribution is 0.296. The maximum Gasteiger partial charge on any atom is -0.00235 e. The zero-order valence-electron chi connectivity index (χ0n) is 9.27. The van der Waals surface area contributed by atoms with E-state index in [1.165, 1.54) is 32.2 Å². The fraction of sp³-hybridized carbons (Fsp3) is 0.833. The van der Waals surface area contributed by atoms with Crippen LogP contribution in [0.2, 0.25) is 0 Å². The second kappa shape index (κ2) is 5.43. The van der Waals surface area contributed by atoms with Crippen molar-refractivity contribution in [3.05, 3.63) is 11.6 Å². The van der Waals surface area contributed by atoms with Crippen LogP contribution in [0.4, 0.5) is 0 Å². The molecule has 1 heteroatoms. The molecule has 0 aromatic carbocycles. The van der Waals surface area contributed by atoms with Gasteiger partial charge in [-0.15, -0.1) is 0 Å². The van der Waals surface area contributed by atoms with Gasteiger partial charge < -0.3 is 5.32 Å². The molecule has 0 heterocycles. The lowest BCUT2D eigenvalue weighted by atomic mass is 9.79. The summed E-state index contributed by atoms with van der Waals surface area (Å²) < 4.78 is 0. The SMILES string of the molecule is CC=C(C)C1CCC(CNC)CC1. The van der Waals surface area contributed by atoms with Crippen molar-refractivity contribution in [2.24, 2.45) is 11.8 Å². The Hall–Kier alpha value is -0.300. The van der Waals surface area contributed by atoms with Crippen molar-refractivity contribution in [1.29, 1.82) is 0 Å². The molecule has 0 unspecified atom stereocenters. The van der Waals surface area contributed by atoms with Crippen molar-refractivity contribution >= 4 is 0 Å². The van der Waals surface area contributed by atoms with Gasteiger partial charge in [-0.25, -0.2) is 0 Å². The van der Waals surface area contributed by atoms with Crippen LogP contribution in [0.15, 0.2) is 11.6 Å². The maximum absolute atomic E-state index is 3.28. The fourth-order valence-corrected chi connectivity index (χ4v) is 2.35. The maximum atomic E-state index is 3.28. The molecule has 76 valence electrons. The number of allylic oxidation sites excluding steroid dienone is 2. The van der Waals surface area contributed by atoms with Gasteiger partial charge in [0.1, 0.15) is 0 Å². The first-order valence-corrected chi connectivity index (χ1v) is 5.55. The highest BCUT2D eigenvalue weighted by molar-refractivity contribution is 5.03. The van der Waals surface area contributed by atoms with Gasteiger partial charge in [-0.3, -0.25) is 0 Å². The van der Waals surface area contributed by atoms with Gasteiger partial charge in [0, 0.05) is 0 Å². The van der Waals surface area contributed by atoms with E-state index >= 15 is 0 Å². The fourth-order valence-electron chi connectivity index (χ4n) is 2.35. The summed E-state index contributed by atoms with van der Waals surface area (Å²) in [7, 11) is 2.06. The van der Waals surface area contributed by atoms with E-state index in [4.69, 9.17) is 0 Å². The van der Waals surface area contributed by atoms with E-state index in [1.807, 2.05) is 0 Å². The third-order valence-electron chi connectivity index (χ3n) is 3.44. The lowest BCUT2D eigenvalue weighted by Gasteiger charge is -2.28. The van der Waals surface area contributed by atoms with E-state index in [1.54, 1.807) is 5.57 Å². The summed E-state index contributed by atoms with van der Waals surface area (Å²) in [5.41, 5.74) is 1.60. The van der Waals surface area contributed by atoms with E-state index in [2.05, 4.69) is 32.3 Å². The minimum absolute atomic E-state index is 0.887. The molecular weight excluding hydrogens is 158 g/mol. The van der Waals surface area contributed by atoms with Crippen LogP contribution in [0.3, 0.4) is 0 Å². The molecule has 1 nitrogen and oxygen atoms in total. The first-order chi connectivity index (χ1) is 6.27. The van der Waals surface area contributed by atoms with Crippen LogP contribution in [0.25, 0.3) is 0 Å². The van der Waals surface area contributed by atoms with Crippen molar-refractivity contribution in [3.63, 3.8) is 0 Å². The van der Waals surface area contributed by atoms with Crippen molar-refractivity contribution in [2.45, 2.75) is 39.5 Å². The molecule has 0 aromatic heterocycles. The van der Waals surface area contributed by atoms with E-state index in [0.717, 1.165) is 11.8 Å². The summed E-state index contributed by atoms with van der Waals surface area (Å²) in [6, 6.07) is 0. The van der Waals surface area contributed by atoms with Crippen molar-refractivity contribution in [3.8, 4) is 0 Å². The van der Waals surface area contributed by atoms with Crippen molar-refractivity contribution in [1.82, 2.24) is 5.32 Å². The Kier molecular flexibility index (Phi) is 4.51. The van der Waals surface area contributed by atoms with E-state index < -0.39 is 0 Å². The second-order valence-electron chi connectivity index (χ2n) is 4.31. The Balaban J connectivity index is 2.30. The normalized spacial score (nSPS) is 30.5. The molecular formula is C12H23N. The van der Waals surface area contributed by atoms with E-state index in [0.29, 0.717) is 0 Å². The lowest BCUT2D eigenvalue weighted by Crippen LogP contribution is -2.24. The number of hydrogen-bond acceptors (Lipinski definition) is 1. The monoisotopic (exact) mass is 181 g/mol. The van der Waals surface area contributed by atoms with Gasteiger partial charge in [-0.2, -0.15) is 0 Å². The summed E-state index contributed by atoms with van der Waals surface area (Å²) in [4.78, 5) is 0. The van der Waals surface area contributed by atoms with Crippen LogP contribution >= 0.6 is 0 Å². The van der Waals surface area contributed by atoms with Gasteiger partial charge >= 0.3 is 0 Å². The molecule has 0 radical (unpaired) electrons. The Morgan fingerprint density at radius 1 is 1.31 bits per heavy atom. The summed E-state index contributed by atoms with van der Waals surface area (Å²) in [6.07, 6.45) is 7.92. The van der Waals surface area contributed by atoms with E-state index in [-0.39, 0.29) is 0 Å². The number of hydrogen-bond donors (Lipinski definition) is 1. The zero-order chi connectivity index (χ0) is 9.68. The minimum atomic E-state index is 0.887. The Labute approximate surface area is 82.6 Å². The molecule has 0 amide bonds. The van der Waals surface area contributed by atoms with Crippen LogP contribution in [0.1, 0.15) is 39.5 Å². The van der Waals surface area contributed by atoms with Crippen LogP contribution in [0, 0.1) is 11.8 Å². The molecule has 1 saturated carbocycles. The van der Waals surface area contributed by atoms with Gasteiger partial charge in [0.25, 0.3) is 0 Å². The number of rotatable bonds is 3. The third kappa shape index (κ3) is 3.15. The van der Waals surface area contributed by atoms with Crippen molar-refractivity contribution in [2.75, 3.05) is 13.6 Å². The molecule has 0 atom stereocenters. The van der Waals surface area contributed by atoms with Gasteiger partial charge in [0.15, 0.2) is 0 Å². The van der Waals surface area contributed by atoms with E-state index in [9.17, 15) is 0 Å². The first kappa shape index (κ1) is 10.8. The zero-order valence-corrected chi connectivity index (χ0v) is 9.27. The molecule has 1 aliphatic carbocycles. The Morgan fingerprint density at radius 2 is 1.92 bits per heavy atom. The average molecular weight is 181 g/mol. The van der Waals surface area contributed by atoms with Gasteiger partial charge in [0.2, 0.25) is 0 Å². The number of nitrogens with one attached hydrogen (secondary N) is 1. The highest BCUT2D eigenvalue weighted by Crippen LogP contribution is 2.32. The third-order valence-corrected chi connectivity index (χ3v) is 3.44. The molecule has 0 saturated heterocycles. The first-order valence-electron chi connectivity index (χ1n) is 5.55. The Bertz CT molecular complexity index is 164. The topological polar surface area (TPSA) is 12.0 Å². The highest BCUT2D eigenvalue weighted by Gasteiger charge is 2.20. The largest absolute Gasteiger partial charge is 0.319 e. The molecule has 13 heavy (non-hydrogen) atoms. The molecule has 1 aliphatic rings. The Morgan fingerprint density at radius 3 is 2.38 bits per heavy atom. The smallest absolute Gasteiger partial charge is 0.00235 e. The minimum Gasteiger partial charge on any atom is -0.319 e. The highest BCUT2D eigenvalue weighted by atomic mass is 14.8. The van der Waals surface area contributed by atoms with Crippen LogP contribution in [-0.4, -0.2) is 13.6 Å². The average Bonchev–Trinajstić information content (AvgIpc) is 2.18. The molecule has 1 N–H and O–H groups in total. The summed E-state index contributed by atoms with van der Waals surface area (Å²) >= 11 is 0. The molecule has 0 aliphatic heterocycles. The van der Waals surface area contributed by atoms with Crippen LogP contribution in [0.5, 0.6) is 0 Å². The van der Waals surface area contributed by atoms with Crippen LogP contribution in [-0.2, 0) is 0 Å². The summed E-state index contributed by atoms with van der Waals surface area (Å²) in [5, 5.41) is 3.28. The predicted molar refractivity (Wildman–Crippen MR) is 58.8 cm³/mol. The summed E-state index contributed by atoms with van der Waals surface area (Å²) in [6.45, 7) is 5.65. The molecule has 1 rings (SSSR count). The van der Waals surface area contributed by atoms with Gasteiger partial charge in [-0.1, -0.05) is 11.6 Å². The van der Waals surface area contributed by atoms with Gasteiger partial charge in [-0.05, 0) is 65.0 Å². The molecule has 0 spiro atoms. The van der Waals surface area contributed by atoms with Crippen LogP contribution < -0.4 is 5.32 Å². The molecule has 0 aromatic rings. The summed E-state index contributed by atoms with van der Waals surface area (Å²) in [5.74, 6) is 1.82. The standard InChI is InChI=1S/C12H23N/c1-4-10(2)12-7-5-11(6-8-12)9-13-3/h4,11-13H,5-9H2,1-3H3. The predicted octanol–water partition coefficient (Wildman–Crippen LogP) is 2.98. The molecule has 1 fully saturated rings. The quantitative estimate of drug-likeness (QED) is 0.660. The van der Waals surface area contributed by atoms with Crippen molar-refractivity contribution < 1.29 is 0 Å². The molecule has 0 bridgehead atoms. The second-order valence-corrected chi connectivity index (χ2v) is 4.31. The van der Waals surface area contributed by atoms with Gasteiger partial charge in [0.05, 0.1) is 0 Å².